The Labute approximate surface area is 185 Å². The first-order valence-electron chi connectivity index (χ1n) is 9.01. The standard InChI is InChI=1S/C21H19Cl2N3O3S/c22-18-5-7-19(8-6-18)30(28,29)26(14-17-3-1-2-4-20(17)23)15-21(27)25-13-16-9-11-24-12-10-16/h1-12H,13-15H2,(H,25,27). The lowest BCUT2D eigenvalue weighted by molar-refractivity contribution is -0.121. The molecule has 1 aromatic heterocycles. The second-order valence-electron chi connectivity index (χ2n) is 6.45. The molecule has 0 aliphatic heterocycles. The van der Waals surface area contributed by atoms with Crippen molar-refractivity contribution in [1.29, 1.82) is 0 Å². The minimum absolute atomic E-state index is 0.0425. The molecule has 9 heteroatoms. The Bertz CT molecular complexity index is 1110. The molecule has 0 bridgehead atoms. The van der Waals surface area contributed by atoms with Crippen LogP contribution in [-0.2, 0) is 27.9 Å². The van der Waals surface area contributed by atoms with Crippen LogP contribution in [0.5, 0.6) is 0 Å². The van der Waals surface area contributed by atoms with Crippen molar-refractivity contribution in [1.82, 2.24) is 14.6 Å². The van der Waals surface area contributed by atoms with Gasteiger partial charge in [-0.15, -0.1) is 0 Å². The van der Waals surface area contributed by atoms with Gasteiger partial charge in [-0.3, -0.25) is 9.78 Å². The van der Waals surface area contributed by atoms with Gasteiger partial charge in [0, 0.05) is 35.5 Å². The molecule has 6 nitrogen and oxygen atoms in total. The van der Waals surface area contributed by atoms with Crippen LogP contribution < -0.4 is 5.32 Å². The lowest BCUT2D eigenvalue weighted by atomic mass is 10.2. The molecule has 1 N–H and O–H groups in total. The van der Waals surface area contributed by atoms with Gasteiger partial charge in [-0.05, 0) is 53.6 Å². The van der Waals surface area contributed by atoms with E-state index in [1.807, 2.05) is 0 Å². The van der Waals surface area contributed by atoms with Crippen molar-refractivity contribution in [3.8, 4) is 0 Å². The Kier molecular flexibility index (Phi) is 7.44. The van der Waals surface area contributed by atoms with Gasteiger partial charge in [-0.2, -0.15) is 4.31 Å². The third-order valence-electron chi connectivity index (χ3n) is 4.31. The Morgan fingerprint density at radius 1 is 0.967 bits per heavy atom. The van der Waals surface area contributed by atoms with Crippen LogP contribution >= 0.6 is 23.2 Å². The summed E-state index contributed by atoms with van der Waals surface area (Å²) in [4.78, 5) is 16.5. The van der Waals surface area contributed by atoms with Crippen LogP contribution in [0.2, 0.25) is 10.0 Å². The van der Waals surface area contributed by atoms with Crippen LogP contribution in [0, 0.1) is 0 Å². The number of sulfonamides is 1. The van der Waals surface area contributed by atoms with E-state index >= 15 is 0 Å². The molecule has 0 spiro atoms. The first-order chi connectivity index (χ1) is 14.4. The lowest BCUT2D eigenvalue weighted by Gasteiger charge is -2.22. The quantitative estimate of drug-likeness (QED) is 0.549. The molecule has 0 unspecified atom stereocenters. The van der Waals surface area contributed by atoms with Gasteiger partial charge in [0.05, 0.1) is 11.4 Å². The summed E-state index contributed by atoms with van der Waals surface area (Å²) in [5.41, 5.74) is 1.45. The van der Waals surface area contributed by atoms with E-state index < -0.39 is 15.9 Å². The van der Waals surface area contributed by atoms with Crippen LogP contribution in [0.25, 0.3) is 0 Å². The summed E-state index contributed by atoms with van der Waals surface area (Å²) in [5, 5.41) is 3.58. The minimum Gasteiger partial charge on any atom is -0.351 e. The Balaban J connectivity index is 1.82. The van der Waals surface area contributed by atoms with Gasteiger partial charge < -0.3 is 5.32 Å². The third kappa shape index (κ3) is 5.79. The number of nitrogens with zero attached hydrogens (tertiary/aromatic N) is 2. The zero-order valence-electron chi connectivity index (χ0n) is 15.8. The number of carbonyl (C=O) groups excluding carboxylic acids is 1. The van der Waals surface area contributed by atoms with Gasteiger partial charge in [-0.1, -0.05) is 41.4 Å². The van der Waals surface area contributed by atoms with Gasteiger partial charge in [0.1, 0.15) is 0 Å². The fourth-order valence-electron chi connectivity index (χ4n) is 2.72. The molecule has 0 saturated carbocycles. The van der Waals surface area contributed by atoms with E-state index in [0.29, 0.717) is 15.6 Å². The zero-order chi connectivity index (χ0) is 21.6. The number of carbonyl (C=O) groups is 1. The van der Waals surface area contributed by atoms with Gasteiger partial charge in [0.2, 0.25) is 15.9 Å². The molecular weight excluding hydrogens is 445 g/mol. The van der Waals surface area contributed by atoms with Crippen molar-refractivity contribution in [2.45, 2.75) is 18.0 Å². The van der Waals surface area contributed by atoms with Crippen LogP contribution in [0.4, 0.5) is 0 Å². The first kappa shape index (κ1) is 22.2. The summed E-state index contributed by atoms with van der Waals surface area (Å²) in [6.45, 7) is -0.142. The highest BCUT2D eigenvalue weighted by atomic mass is 35.5. The fourth-order valence-corrected chi connectivity index (χ4v) is 4.41. The molecule has 0 aliphatic carbocycles. The highest BCUT2D eigenvalue weighted by molar-refractivity contribution is 7.89. The number of hydrogen-bond donors (Lipinski definition) is 1. The molecule has 156 valence electrons. The van der Waals surface area contributed by atoms with Crippen molar-refractivity contribution in [2.75, 3.05) is 6.54 Å². The van der Waals surface area contributed by atoms with Crippen LogP contribution in [0.3, 0.4) is 0 Å². The molecule has 0 saturated heterocycles. The Hall–Kier alpha value is -2.45. The number of benzene rings is 2. The minimum atomic E-state index is -3.97. The molecule has 0 radical (unpaired) electrons. The lowest BCUT2D eigenvalue weighted by Crippen LogP contribution is -2.40. The Morgan fingerprint density at radius 3 is 2.30 bits per heavy atom. The van der Waals surface area contributed by atoms with E-state index in [0.717, 1.165) is 9.87 Å². The monoisotopic (exact) mass is 463 g/mol. The average Bonchev–Trinajstić information content (AvgIpc) is 2.74. The van der Waals surface area contributed by atoms with E-state index in [9.17, 15) is 13.2 Å². The van der Waals surface area contributed by atoms with E-state index in [4.69, 9.17) is 23.2 Å². The smallest absolute Gasteiger partial charge is 0.243 e. The van der Waals surface area contributed by atoms with Crippen LogP contribution in [-0.4, -0.2) is 30.2 Å². The maximum Gasteiger partial charge on any atom is 0.243 e. The number of pyridine rings is 1. The molecule has 0 fully saturated rings. The summed E-state index contributed by atoms with van der Waals surface area (Å²) >= 11 is 12.1. The molecule has 30 heavy (non-hydrogen) atoms. The summed E-state index contributed by atoms with van der Waals surface area (Å²) in [6.07, 6.45) is 3.24. The van der Waals surface area contributed by atoms with Gasteiger partial charge in [0.15, 0.2) is 0 Å². The van der Waals surface area contributed by atoms with Gasteiger partial charge in [0.25, 0.3) is 0 Å². The molecule has 1 amide bonds. The molecule has 0 atom stereocenters. The van der Waals surface area contributed by atoms with Crippen molar-refractivity contribution in [3.63, 3.8) is 0 Å². The highest BCUT2D eigenvalue weighted by Crippen LogP contribution is 2.23. The molecule has 3 rings (SSSR count). The second-order valence-corrected chi connectivity index (χ2v) is 9.23. The van der Waals surface area contributed by atoms with E-state index in [-0.39, 0.29) is 24.5 Å². The number of nitrogens with one attached hydrogen (secondary N) is 1. The van der Waals surface area contributed by atoms with E-state index in [1.165, 1.54) is 24.3 Å². The Morgan fingerprint density at radius 2 is 1.63 bits per heavy atom. The topological polar surface area (TPSA) is 79.4 Å². The van der Waals surface area contributed by atoms with Crippen molar-refractivity contribution >= 4 is 39.1 Å². The molecular formula is C21H19Cl2N3O3S. The van der Waals surface area contributed by atoms with E-state index in [1.54, 1.807) is 48.8 Å². The fraction of sp³-hybridized carbons (Fsp3) is 0.143. The zero-order valence-corrected chi connectivity index (χ0v) is 18.2. The summed E-state index contributed by atoms with van der Waals surface area (Å²) in [7, 11) is -3.97. The van der Waals surface area contributed by atoms with Crippen LogP contribution in [0.1, 0.15) is 11.1 Å². The summed E-state index contributed by atoms with van der Waals surface area (Å²) in [6, 6.07) is 16.3. The number of aromatic nitrogens is 1. The van der Waals surface area contributed by atoms with Crippen LogP contribution in [0.15, 0.2) is 78.0 Å². The van der Waals surface area contributed by atoms with Crippen molar-refractivity contribution < 1.29 is 13.2 Å². The third-order valence-corrected chi connectivity index (χ3v) is 6.74. The number of rotatable bonds is 8. The SMILES string of the molecule is O=C(CN(Cc1ccccc1Cl)S(=O)(=O)c1ccc(Cl)cc1)NCc1ccncc1. The largest absolute Gasteiger partial charge is 0.351 e. The van der Waals surface area contributed by atoms with Gasteiger partial charge >= 0.3 is 0 Å². The molecule has 3 aromatic rings. The molecule has 0 aliphatic rings. The predicted octanol–water partition coefficient (Wildman–Crippen LogP) is 3.90. The number of amides is 1. The summed E-state index contributed by atoms with van der Waals surface area (Å²) in [5.74, 6) is -0.434. The molecule has 1 heterocycles. The highest BCUT2D eigenvalue weighted by Gasteiger charge is 2.27. The van der Waals surface area contributed by atoms with Crippen molar-refractivity contribution in [3.05, 3.63) is 94.2 Å². The maximum atomic E-state index is 13.2. The van der Waals surface area contributed by atoms with Crippen molar-refractivity contribution in [2.24, 2.45) is 0 Å². The normalized spacial score (nSPS) is 11.4. The summed E-state index contributed by atoms with van der Waals surface area (Å²) < 4.78 is 27.5. The number of hydrogen-bond acceptors (Lipinski definition) is 4. The molecule has 2 aromatic carbocycles. The average molecular weight is 464 g/mol. The van der Waals surface area contributed by atoms with Gasteiger partial charge in [-0.25, -0.2) is 8.42 Å². The predicted molar refractivity (Wildman–Crippen MR) is 117 cm³/mol. The maximum absolute atomic E-state index is 13.2. The van der Waals surface area contributed by atoms with E-state index in [2.05, 4.69) is 10.3 Å². The number of halogens is 2. The second kappa shape index (κ2) is 10.0. The first-order valence-corrected chi connectivity index (χ1v) is 11.2.